The van der Waals surface area contributed by atoms with Crippen LogP contribution >= 0.6 is 0 Å². The first kappa shape index (κ1) is 18.5. The van der Waals surface area contributed by atoms with Crippen LogP contribution in [0.4, 0.5) is 5.69 Å². The molecule has 0 aliphatic carbocycles. The van der Waals surface area contributed by atoms with Crippen LogP contribution in [0.25, 0.3) is 17.0 Å². The maximum Gasteiger partial charge on any atom is 0.343 e. The highest BCUT2D eigenvalue weighted by Crippen LogP contribution is 2.22. The fourth-order valence-electron chi connectivity index (χ4n) is 2.95. The molecular formula is C22H21NO4. The first-order valence-corrected chi connectivity index (χ1v) is 8.86. The Morgan fingerprint density at radius 3 is 2.56 bits per heavy atom. The maximum atomic E-state index is 12.3. The number of fused-ring (bicyclic) bond motifs is 1. The van der Waals surface area contributed by atoms with Gasteiger partial charge in [-0.3, -0.25) is 4.79 Å². The molecular weight excluding hydrogens is 342 g/mol. The molecule has 0 spiro atoms. The van der Waals surface area contributed by atoms with Gasteiger partial charge < -0.3 is 14.4 Å². The van der Waals surface area contributed by atoms with Gasteiger partial charge in [0.2, 0.25) is 0 Å². The van der Waals surface area contributed by atoms with Gasteiger partial charge in [-0.05, 0) is 56.3 Å². The van der Waals surface area contributed by atoms with Crippen LogP contribution in [0.5, 0.6) is 5.75 Å². The summed E-state index contributed by atoms with van der Waals surface area (Å²) in [5, 5.41) is 10.5. The van der Waals surface area contributed by atoms with Crippen LogP contribution in [0, 0.1) is 0 Å². The molecule has 3 rings (SSSR count). The number of phenols is 1. The number of allylic oxidation sites excluding steroid dienone is 1. The minimum atomic E-state index is -0.513. The van der Waals surface area contributed by atoms with Crippen molar-refractivity contribution in [2.45, 2.75) is 13.8 Å². The number of ketones is 1. The third-order valence-corrected chi connectivity index (χ3v) is 4.46. The number of hydrogen-bond donors (Lipinski definition) is 1. The summed E-state index contributed by atoms with van der Waals surface area (Å²) in [6.45, 7) is 5.86. The third kappa shape index (κ3) is 3.92. The van der Waals surface area contributed by atoms with E-state index in [0.717, 1.165) is 24.2 Å². The lowest BCUT2D eigenvalue weighted by Gasteiger charge is -2.20. The lowest BCUT2D eigenvalue weighted by Crippen LogP contribution is -2.21. The number of anilines is 1. The van der Waals surface area contributed by atoms with Gasteiger partial charge in [-0.15, -0.1) is 0 Å². The quantitative estimate of drug-likeness (QED) is 0.403. The van der Waals surface area contributed by atoms with E-state index in [1.165, 1.54) is 24.3 Å². The van der Waals surface area contributed by atoms with Gasteiger partial charge in [0.1, 0.15) is 11.3 Å². The Labute approximate surface area is 157 Å². The molecule has 5 nitrogen and oxygen atoms in total. The fraction of sp³-hybridized carbons (Fsp3) is 0.182. The van der Waals surface area contributed by atoms with E-state index in [0.29, 0.717) is 5.58 Å². The lowest BCUT2D eigenvalue weighted by molar-refractivity contribution is 0.104. The highest BCUT2D eigenvalue weighted by molar-refractivity contribution is 6.08. The minimum absolute atomic E-state index is 0.0957. The summed E-state index contributed by atoms with van der Waals surface area (Å²) in [4.78, 5) is 26.7. The molecule has 0 saturated carbocycles. The van der Waals surface area contributed by atoms with Crippen LogP contribution in [0.2, 0.25) is 0 Å². The van der Waals surface area contributed by atoms with Crippen molar-refractivity contribution < 1.29 is 14.3 Å². The molecule has 0 amide bonds. The number of benzene rings is 2. The Morgan fingerprint density at radius 1 is 1.11 bits per heavy atom. The van der Waals surface area contributed by atoms with Crippen molar-refractivity contribution in [1.29, 1.82) is 0 Å². The number of nitrogens with zero attached hydrogens (tertiary/aromatic N) is 1. The summed E-state index contributed by atoms with van der Waals surface area (Å²) in [5.74, 6) is -0.480. The third-order valence-electron chi connectivity index (χ3n) is 4.46. The van der Waals surface area contributed by atoms with Crippen molar-refractivity contribution in [1.82, 2.24) is 0 Å². The number of carbonyl (C=O) groups is 1. The van der Waals surface area contributed by atoms with Gasteiger partial charge >= 0.3 is 5.63 Å². The van der Waals surface area contributed by atoms with Crippen LogP contribution in [0.1, 0.15) is 29.8 Å². The van der Waals surface area contributed by atoms with Crippen molar-refractivity contribution in [2.75, 3.05) is 18.0 Å². The molecule has 0 radical (unpaired) electrons. The second kappa shape index (κ2) is 7.91. The first-order valence-electron chi connectivity index (χ1n) is 8.86. The largest absolute Gasteiger partial charge is 0.507 e. The van der Waals surface area contributed by atoms with E-state index < -0.39 is 5.63 Å². The Morgan fingerprint density at radius 2 is 1.85 bits per heavy atom. The number of aromatic hydroxyl groups is 1. The Hall–Kier alpha value is -3.34. The molecule has 5 heteroatoms. The fourth-order valence-corrected chi connectivity index (χ4v) is 2.95. The maximum absolute atomic E-state index is 12.3. The summed E-state index contributed by atoms with van der Waals surface area (Å²) in [6.07, 6.45) is 2.68. The van der Waals surface area contributed by atoms with E-state index in [2.05, 4.69) is 18.7 Å². The number of rotatable bonds is 6. The molecule has 1 heterocycles. The highest BCUT2D eigenvalue weighted by Gasteiger charge is 2.09. The van der Waals surface area contributed by atoms with Gasteiger partial charge in [0.15, 0.2) is 5.78 Å². The molecule has 0 unspecified atom stereocenters. The number of hydrogen-bond acceptors (Lipinski definition) is 5. The molecule has 0 atom stereocenters. The molecule has 0 saturated heterocycles. The van der Waals surface area contributed by atoms with Crippen LogP contribution in [0.15, 0.2) is 63.8 Å². The summed E-state index contributed by atoms with van der Waals surface area (Å²) in [5.41, 5.74) is 1.45. The second-order valence-electron chi connectivity index (χ2n) is 6.10. The van der Waals surface area contributed by atoms with Crippen molar-refractivity contribution in [3.05, 3.63) is 76.2 Å². The van der Waals surface area contributed by atoms with Crippen molar-refractivity contribution in [3.63, 3.8) is 0 Å². The van der Waals surface area contributed by atoms with Gasteiger partial charge in [-0.2, -0.15) is 0 Å². The van der Waals surface area contributed by atoms with Crippen molar-refractivity contribution in [3.8, 4) is 5.75 Å². The normalized spacial score (nSPS) is 11.2. The van der Waals surface area contributed by atoms with Crippen molar-refractivity contribution >= 4 is 28.5 Å². The molecule has 27 heavy (non-hydrogen) atoms. The molecule has 0 fully saturated rings. The van der Waals surface area contributed by atoms with Gasteiger partial charge in [0, 0.05) is 30.2 Å². The monoisotopic (exact) mass is 363 g/mol. The van der Waals surface area contributed by atoms with E-state index in [4.69, 9.17) is 4.42 Å². The predicted molar refractivity (Wildman–Crippen MR) is 108 cm³/mol. The van der Waals surface area contributed by atoms with Crippen LogP contribution in [-0.2, 0) is 0 Å². The topological polar surface area (TPSA) is 70.8 Å². The summed E-state index contributed by atoms with van der Waals surface area (Å²) in [7, 11) is 0. The minimum Gasteiger partial charge on any atom is -0.507 e. The number of para-hydroxylation sites is 1. The van der Waals surface area contributed by atoms with Crippen LogP contribution in [-0.4, -0.2) is 24.0 Å². The molecule has 0 aliphatic rings. The van der Waals surface area contributed by atoms with E-state index in [1.807, 2.05) is 18.2 Å². The summed E-state index contributed by atoms with van der Waals surface area (Å²) >= 11 is 0. The average molecular weight is 363 g/mol. The second-order valence-corrected chi connectivity index (χ2v) is 6.10. The summed E-state index contributed by atoms with van der Waals surface area (Å²) in [6, 6.07) is 13.7. The Kier molecular flexibility index (Phi) is 5.41. The van der Waals surface area contributed by atoms with E-state index in [1.54, 1.807) is 18.2 Å². The number of phenolic OH excluding ortho intramolecular Hbond substituents is 1. The van der Waals surface area contributed by atoms with Crippen LogP contribution < -0.4 is 10.5 Å². The zero-order chi connectivity index (χ0) is 19.4. The summed E-state index contributed by atoms with van der Waals surface area (Å²) < 4.78 is 5.44. The smallest absolute Gasteiger partial charge is 0.343 e. The average Bonchev–Trinajstić information content (AvgIpc) is 2.67. The molecule has 0 aliphatic heterocycles. The van der Waals surface area contributed by atoms with E-state index in [-0.39, 0.29) is 22.7 Å². The van der Waals surface area contributed by atoms with Gasteiger partial charge in [0.05, 0.1) is 11.1 Å². The highest BCUT2D eigenvalue weighted by atomic mass is 16.4. The molecule has 0 bridgehead atoms. The lowest BCUT2D eigenvalue weighted by atomic mass is 10.1. The zero-order valence-corrected chi connectivity index (χ0v) is 15.3. The predicted octanol–water partition coefficient (Wildman–Crippen LogP) is 4.24. The van der Waals surface area contributed by atoms with E-state index >= 15 is 0 Å². The number of carbonyl (C=O) groups excluding carboxylic acids is 1. The van der Waals surface area contributed by atoms with Crippen molar-refractivity contribution in [2.24, 2.45) is 0 Å². The van der Waals surface area contributed by atoms with Crippen LogP contribution in [0.3, 0.4) is 0 Å². The first-order chi connectivity index (χ1) is 13.0. The SMILES string of the molecule is CCN(CC)c1ccc2cc(/C=C/C(=O)c3ccccc3O)c(=O)oc2c1. The molecule has 2 aromatic carbocycles. The van der Waals surface area contributed by atoms with Gasteiger partial charge in [0.25, 0.3) is 0 Å². The zero-order valence-electron chi connectivity index (χ0n) is 15.3. The Balaban J connectivity index is 1.93. The van der Waals surface area contributed by atoms with Gasteiger partial charge in [-0.1, -0.05) is 12.1 Å². The Bertz CT molecular complexity index is 1060. The molecule has 3 aromatic rings. The molecule has 1 aromatic heterocycles. The standard InChI is InChI=1S/C22H21NO4/c1-3-23(4-2)17-11-9-15-13-16(22(26)27-21(15)14-17)10-12-20(25)18-7-5-6-8-19(18)24/h5-14,24H,3-4H2,1-2H3/b12-10+. The van der Waals surface area contributed by atoms with Gasteiger partial charge in [-0.25, -0.2) is 4.79 Å². The van der Waals surface area contributed by atoms with E-state index in [9.17, 15) is 14.7 Å². The molecule has 138 valence electrons. The molecule has 1 N–H and O–H groups in total.